The van der Waals surface area contributed by atoms with Crippen LogP contribution in [0.3, 0.4) is 0 Å². The predicted molar refractivity (Wildman–Crippen MR) is 73.0 cm³/mol. The van der Waals surface area contributed by atoms with Gasteiger partial charge in [0.05, 0.1) is 13.2 Å². The van der Waals surface area contributed by atoms with Gasteiger partial charge in [-0.05, 0) is 50.8 Å². The van der Waals surface area contributed by atoms with Crippen molar-refractivity contribution in [2.45, 2.75) is 51.4 Å². The van der Waals surface area contributed by atoms with E-state index in [0.717, 1.165) is 38.0 Å². The van der Waals surface area contributed by atoms with Crippen molar-refractivity contribution in [3.63, 3.8) is 0 Å². The Hall–Kier alpha value is -0.420. The highest BCUT2D eigenvalue weighted by Gasteiger charge is 2.43. The molecule has 1 aromatic rings. The molecule has 2 N–H and O–H groups in total. The Bertz CT molecular complexity index is 457. The normalized spacial score (nSPS) is 31.6. The van der Waals surface area contributed by atoms with E-state index in [0.29, 0.717) is 6.04 Å². The van der Waals surface area contributed by atoms with Crippen LogP contribution in [0.2, 0.25) is 0 Å². The second kappa shape index (κ2) is 4.60. The Balaban J connectivity index is 2.06. The first kappa shape index (κ1) is 12.6. The fourth-order valence-electron chi connectivity index (χ4n) is 3.41. The van der Waals surface area contributed by atoms with Gasteiger partial charge in [-0.2, -0.15) is 0 Å². The van der Waals surface area contributed by atoms with Crippen LogP contribution < -0.4 is 5.32 Å². The summed E-state index contributed by atoms with van der Waals surface area (Å²) in [5, 5.41) is 13.1. The Morgan fingerprint density at radius 3 is 3.11 bits per heavy atom. The first-order chi connectivity index (χ1) is 8.66. The highest BCUT2D eigenvalue weighted by atomic mass is 32.1. The monoisotopic (exact) mass is 267 g/mol. The molecule has 0 aliphatic carbocycles. The molecule has 100 valence electrons. The van der Waals surface area contributed by atoms with E-state index in [9.17, 15) is 5.11 Å². The van der Waals surface area contributed by atoms with Crippen molar-refractivity contribution in [2.24, 2.45) is 0 Å². The zero-order chi connectivity index (χ0) is 12.8. The Morgan fingerprint density at radius 2 is 2.39 bits per heavy atom. The molecule has 18 heavy (non-hydrogen) atoms. The van der Waals surface area contributed by atoms with Crippen LogP contribution in [0.25, 0.3) is 0 Å². The van der Waals surface area contributed by atoms with Crippen LogP contribution in [0.1, 0.15) is 40.6 Å². The Morgan fingerprint density at radius 1 is 1.56 bits per heavy atom. The van der Waals surface area contributed by atoms with Crippen molar-refractivity contribution in [3.05, 3.63) is 20.9 Å². The summed E-state index contributed by atoms with van der Waals surface area (Å²) >= 11 is 1.84. The average Bonchev–Trinajstić information content (AvgIpc) is 2.67. The molecule has 1 fully saturated rings. The summed E-state index contributed by atoms with van der Waals surface area (Å²) in [7, 11) is 0. The molecule has 2 aliphatic heterocycles. The number of fused-ring (bicyclic) bond motifs is 2. The number of rotatable bonds is 1. The summed E-state index contributed by atoms with van der Waals surface area (Å²) in [5.41, 5.74) is 2.45. The van der Waals surface area contributed by atoms with Gasteiger partial charge < -0.3 is 15.2 Å². The van der Waals surface area contributed by atoms with Gasteiger partial charge in [0.15, 0.2) is 0 Å². The van der Waals surface area contributed by atoms with Crippen molar-refractivity contribution in [2.75, 3.05) is 13.2 Å². The molecular formula is C14H21NO2S. The van der Waals surface area contributed by atoms with E-state index in [1.165, 1.54) is 15.3 Å². The number of piperidine rings is 1. The lowest BCUT2D eigenvalue weighted by molar-refractivity contribution is -0.0851. The molecule has 0 radical (unpaired) electrons. The third kappa shape index (κ3) is 1.83. The molecular weight excluding hydrogens is 246 g/mol. The highest BCUT2D eigenvalue weighted by molar-refractivity contribution is 7.12. The third-order valence-electron chi connectivity index (χ3n) is 4.28. The van der Waals surface area contributed by atoms with E-state index in [2.05, 4.69) is 19.2 Å². The lowest BCUT2D eigenvalue weighted by atomic mass is 9.82. The molecule has 0 unspecified atom stereocenters. The van der Waals surface area contributed by atoms with Gasteiger partial charge in [-0.25, -0.2) is 0 Å². The number of aryl methyl sites for hydroxylation is 1. The molecule has 3 heterocycles. The van der Waals surface area contributed by atoms with E-state index >= 15 is 0 Å². The van der Waals surface area contributed by atoms with E-state index in [-0.39, 0.29) is 12.2 Å². The fourth-order valence-corrected chi connectivity index (χ4v) is 4.80. The molecule has 3 nitrogen and oxygen atoms in total. The average molecular weight is 267 g/mol. The largest absolute Gasteiger partial charge is 0.392 e. The molecule has 0 bridgehead atoms. The minimum absolute atomic E-state index is 0.0822. The molecule has 0 saturated carbocycles. The smallest absolute Gasteiger partial charge is 0.105 e. The van der Waals surface area contributed by atoms with Gasteiger partial charge in [-0.15, -0.1) is 11.3 Å². The predicted octanol–water partition coefficient (Wildman–Crippen LogP) is 2.09. The molecule has 1 spiro atoms. The fraction of sp³-hybridized carbons (Fsp3) is 0.714. The number of hydrogen-bond acceptors (Lipinski definition) is 4. The zero-order valence-corrected chi connectivity index (χ0v) is 11.9. The molecule has 0 aromatic carbocycles. The SMILES string of the molecule is Cc1sc2c(c1CO)CCO[C@@]21CCN[C@@H](C)C1. The van der Waals surface area contributed by atoms with Crippen molar-refractivity contribution in [1.29, 1.82) is 0 Å². The third-order valence-corrected chi connectivity index (χ3v) is 5.65. The minimum Gasteiger partial charge on any atom is -0.392 e. The lowest BCUT2D eigenvalue weighted by Gasteiger charge is -2.43. The highest BCUT2D eigenvalue weighted by Crippen LogP contribution is 2.47. The second-order valence-corrected chi connectivity index (χ2v) is 6.73. The van der Waals surface area contributed by atoms with Gasteiger partial charge >= 0.3 is 0 Å². The van der Waals surface area contributed by atoms with E-state index in [1.807, 2.05) is 11.3 Å². The zero-order valence-electron chi connectivity index (χ0n) is 11.1. The van der Waals surface area contributed by atoms with E-state index in [1.54, 1.807) is 0 Å². The minimum atomic E-state index is -0.0822. The number of thiophene rings is 1. The molecule has 2 aliphatic rings. The van der Waals surface area contributed by atoms with Crippen LogP contribution in [0.5, 0.6) is 0 Å². The van der Waals surface area contributed by atoms with E-state index < -0.39 is 0 Å². The van der Waals surface area contributed by atoms with Crippen LogP contribution in [0.4, 0.5) is 0 Å². The van der Waals surface area contributed by atoms with Gasteiger partial charge in [0, 0.05) is 15.8 Å². The first-order valence-electron chi connectivity index (χ1n) is 6.76. The van der Waals surface area contributed by atoms with Gasteiger partial charge in [-0.1, -0.05) is 0 Å². The Kier molecular flexibility index (Phi) is 3.22. The van der Waals surface area contributed by atoms with Crippen molar-refractivity contribution in [3.8, 4) is 0 Å². The van der Waals surface area contributed by atoms with Crippen molar-refractivity contribution >= 4 is 11.3 Å². The van der Waals surface area contributed by atoms with Crippen LogP contribution in [-0.4, -0.2) is 24.3 Å². The molecule has 1 aromatic heterocycles. The number of aliphatic hydroxyl groups excluding tert-OH is 1. The molecule has 2 atom stereocenters. The topological polar surface area (TPSA) is 41.5 Å². The van der Waals surface area contributed by atoms with Crippen LogP contribution in [0, 0.1) is 6.92 Å². The number of aliphatic hydroxyl groups is 1. The maximum Gasteiger partial charge on any atom is 0.105 e. The van der Waals surface area contributed by atoms with Gasteiger partial charge in [-0.3, -0.25) is 0 Å². The van der Waals surface area contributed by atoms with Crippen LogP contribution in [-0.2, 0) is 23.4 Å². The summed E-state index contributed by atoms with van der Waals surface area (Å²) in [6, 6.07) is 0.504. The van der Waals surface area contributed by atoms with Crippen molar-refractivity contribution < 1.29 is 9.84 Å². The summed E-state index contributed by atoms with van der Waals surface area (Å²) in [6.45, 7) is 6.33. The maximum atomic E-state index is 9.56. The molecule has 0 amide bonds. The van der Waals surface area contributed by atoms with Gasteiger partial charge in [0.2, 0.25) is 0 Å². The standard InChI is InChI=1S/C14H21NO2S/c1-9-7-14(4-5-15-9)13-11(3-6-17-14)12(8-16)10(2)18-13/h9,15-16H,3-8H2,1-2H3/t9-,14+/m0/s1. The second-order valence-electron chi connectivity index (χ2n) is 5.50. The summed E-state index contributed by atoms with van der Waals surface area (Å²) in [4.78, 5) is 2.65. The van der Waals surface area contributed by atoms with E-state index in [4.69, 9.17) is 4.74 Å². The maximum absolute atomic E-state index is 9.56. The number of hydrogen-bond donors (Lipinski definition) is 2. The van der Waals surface area contributed by atoms with Crippen molar-refractivity contribution in [1.82, 2.24) is 5.32 Å². The van der Waals surface area contributed by atoms with Crippen LogP contribution >= 0.6 is 11.3 Å². The molecule has 1 saturated heterocycles. The molecule has 4 heteroatoms. The number of ether oxygens (including phenoxy) is 1. The van der Waals surface area contributed by atoms with Gasteiger partial charge in [0.25, 0.3) is 0 Å². The van der Waals surface area contributed by atoms with Crippen LogP contribution in [0.15, 0.2) is 0 Å². The summed E-state index contributed by atoms with van der Waals surface area (Å²) < 4.78 is 6.20. The van der Waals surface area contributed by atoms with Gasteiger partial charge in [0.1, 0.15) is 5.60 Å². The lowest BCUT2D eigenvalue weighted by Crippen LogP contribution is -2.48. The first-order valence-corrected chi connectivity index (χ1v) is 7.58. The molecule has 3 rings (SSSR count). The quantitative estimate of drug-likeness (QED) is 0.818. The summed E-state index contributed by atoms with van der Waals surface area (Å²) in [6.07, 6.45) is 3.05. The Labute approximate surface area is 112 Å². The summed E-state index contributed by atoms with van der Waals surface area (Å²) in [5.74, 6) is 0. The number of nitrogens with one attached hydrogen (secondary N) is 1.